The first-order valence-electron chi connectivity index (χ1n) is 8.55. The number of nitrogens with zero attached hydrogens (tertiary/aromatic N) is 1. The lowest BCUT2D eigenvalue weighted by molar-refractivity contribution is -0.137. The Morgan fingerprint density at radius 3 is 2.91 bits per heavy atom. The summed E-state index contributed by atoms with van der Waals surface area (Å²) < 4.78 is 0. The van der Waals surface area contributed by atoms with Crippen LogP contribution in [0.3, 0.4) is 0 Å². The highest BCUT2D eigenvalue weighted by molar-refractivity contribution is 8.00. The molecule has 0 bridgehead atoms. The number of rotatable bonds is 6. The van der Waals surface area contributed by atoms with E-state index in [1.54, 1.807) is 11.8 Å². The third-order valence-electron chi connectivity index (χ3n) is 5.11. The Bertz CT molecular complexity index is 499. The molecule has 3 fully saturated rings. The second-order valence-corrected chi connectivity index (χ2v) is 8.00. The van der Waals surface area contributed by atoms with E-state index in [1.807, 2.05) is 11.8 Å². The summed E-state index contributed by atoms with van der Waals surface area (Å²) in [4.78, 5) is 37.0. The summed E-state index contributed by atoms with van der Waals surface area (Å²) >= 11 is 1.91. The molecule has 3 aliphatic rings. The zero-order valence-corrected chi connectivity index (χ0v) is 14.4. The summed E-state index contributed by atoms with van der Waals surface area (Å²) in [5, 5.41) is 6.39. The van der Waals surface area contributed by atoms with Crippen LogP contribution in [0.25, 0.3) is 0 Å². The van der Waals surface area contributed by atoms with Gasteiger partial charge in [0.15, 0.2) is 5.78 Å². The van der Waals surface area contributed by atoms with Crippen molar-refractivity contribution in [2.75, 3.05) is 12.3 Å². The Hall–Kier alpha value is -1.24. The molecule has 3 heterocycles. The Balaban J connectivity index is 1.38. The maximum atomic E-state index is 12.3. The molecule has 23 heavy (non-hydrogen) atoms. The summed E-state index contributed by atoms with van der Waals surface area (Å²) in [6.45, 7) is 2.30. The molecule has 3 saturated heterocycles. The number of ketones is 1. The van der Waals surface area contributed by atoms with Crippen LogP contribution in [0.15, 0.2) is 0 Å². The molecule has 3 aliphatic heterocycles. The standard InChI is InChI=1S/C16H25N3O3S/c1-10(20)12-5-4-8-19(12)14(21)7-3-2-6-13-15-11(9-23-13)17-16(22)18-15/h11-13,15H,2-9H2,1H3,(H2,17,18,22). The number of hydrogen-bond acceptors (Lipinski definition) is 4. The molecule has 0 aliphatic carbocycles. The highest BCUT2D eigenvalue weighted by atomic mass is 32.2. The van der Waals surface area contributed by atoms with Crippen LogP contribution in [0, 0.1) is 0 Å². The van der Waals surface area contributed by atoms with E-state index in [-0.39, 0.29) is 35.8 Å². The number of nitrogens with one attached hydrogen (secondary N) is 2. The van der Waals surface area contributed by atoms with Crippen LogP contribution in [0.4, 0.5) is 4.79 Å². The van der Waals surface area contributed by atoms with E-state index >= 15 is 0 Å². The molecule has 0 radical (unpaired) electrons. The number of hydrogen-bond donors (Lipinski definition) is 2. The Morgan fingerprint density at radius 2 is 2.13 bits per heavy atom. The van der Waals surface area contributed by atoms with Crippen molar-refractivity contribution >= 4 is 29.5 Å². The summed E-state index contributed by atoms with van der Waals surface area (Å²) in [6, 6.07) is 0.266. The minimum Gasteiger partial charge on any atom is -0.333 e. The fourth-order valence-corrected chi connectivity index (χ4v) is 5.44. The number of Topliss-reactive ketones (excluding diaryl/α,β-unsaturated/α-hetero) is 1. The topological polar surface area (TPSA) is 78.5 Å². The van der Waals surface area contributed by atoms with Crippen LogP contribution < -0.4 is 10.6 Å². The van der Waals surface area contributed by atoms with Crippen molar-refractivity contribution in [1.82, 2.24) is 15.5 Å². The van der Waals surface area contributed by atoms with E-state index in [2.05, 4.69) is 10.6 Å². The average Bonchev–Trinajstić information content (AvgIpc) is 3.19. The smallest absolute Gasteiger partial charge is 0.315 e. The van der Waals surface area contributed by atoms with Gasteiger partial charge >= 0.3 is 6.03 Å². The Morgan fingerprint density at radius 1 is 1.30 bits per heavy atom. The van der Waals surface area contributed by atoms with Crippen molar-refractivity contribution in [1.29, 1.82) is 0 Å². The lowest BCUT2D eigenvalue weighted by atomic mass is 10.0. The van der Waals surface area contributed by atoms with Crippen LogP contribution in [0.1, 0.15) is 45.4 Å². The van der Waals surface area contributed by atoms with E-state index in [1.165, 1.54) is 0 Å². The van der Waals surface area contributed by atoms with Gasteiger partial charge in [-0.15, -0.1) is 0 Å². The average molecular weight is 339 g/mol. The molecule has 0 spiro atoms. The second-order valence-electron chi connectivity index (χ2n) is 6.72. The maximum Gasteiger partial charge on any atom is 0.315 e. The molecule has 0 aromatic carbocycles. The molecule has 0 aromatic rings. The first-order chi connectivity index (χ1) is 11.1. The summed E-state index contributed by atoms with van der Waals surface area (Å²) in [6.07, 6.45) is 5.15. The van der Waals surface area contributed by atoms with E-state index in [0.717, 1.165) is 44.4 Å². The monoisotopic (exact) mass is 339 g/mol. The van der Waals surface area contributed by atoms with Gasteiger partial charge in [0, 0.05) is 24.0 Å². The summed E-state index contributed by atoms with van der Waals surface area (Å²) in [5.41, 5.74) is 0. The van der Waals surface area contributed by atoms with Gasteiger partial charge in [-0.1, -0.05) is 6.42 Å². The van der Waals surface area contributed by atoms with Crippen molar-refractivity contribution in [3.8, 4) is 0 Å². The van der Waals surface area contributed by atoms with Gasteiger partial charge in [-0.2, -0.15) is 11.8 Å². The van der Waals surface area contributed by atoms with Gasteiger partial charge in [-0.05, 0) is 32.6 Å². The van der Waals surface area contributed by atoms with Gasteiger partial charge in [-0.3, -0.25) is 9.59 Å². The van der Waals surface area contributed by atoms with Gasteiger partial charge in [-0.25, -0.2) is 4.79 Å². The molecule has 4 unspecified atom stereocenters. The van der Waals surface area contributed by atoms with Gasteiger partial charge in [0.2, 0.25) is 5.91 Å². The molecule has 128 valence electrons. The maximum absolute atomic E-state index is 12.3. The van der Waals surface area contributed by atoms with Crippen molar-refractivity contribution in [3.05, 3.63) is 0 Å². The number of unbranched alkanes of at least 4 members (excludes halogenated alkanes) is 1. The molecule has 0 saturated carbocycles. The van der Waals surface area contributed by atoms with Gasteiger partial charge in [0.1, 0.15) is 0 Å². The van der Waals surface area contributed by atoms with Crippen LogP contribution in [-0.2, 0) is 9.59 Å². The number of urea groups is 1. The van der Waals surface area contributed by atoms with E-state index in [4.69, 9.17) is 0 Å². The molecule has 7 heteroatoms. The predicted molar refractivity (Wildman–Crippen MR) is 89.4 cm³/mol. The highest BCUT2D eigenvalue weighted by Crippen LogP contribution is 2.33. The molecule has 4 atom stereocenters. The van der Waals surface area contributed by atoms with E-state index in [0.29, 0.717) is 11.7 Å². The number of carbonyl (C=O) groups is 3. The lowest BCUT2D eigenvalue weighted by Crippen LogP contribution is -2.39. The predicted octanol–water partition coefficient (Wildman–Crippen LogP) is 1.29. The SMILES string of the molecule is CC(=O)C1CCCN1C(=O)CCCCC1SCC2NC(=O)NC21. The molecule has 3 rings (SSSR count). The molecular formula is C16H25N3O3S. The number of fused-ring (bicyclic) bond motifs is 1. The minimum atomic E-state index is -0.187. The van der Waals surface area contributed by atoms with Gasteiger partial charge in [0.05, 0.1) is 18.1 Å². The first kappa shape index (κ1) is 16.6. The normalized spacial score (nSPS) is 32.6. The molecule has 0 aromatic heterocycles. The highest BCUT2D eigenvalue weighted by Gasteiger charge is 2.42. The first-order valence-corrected chi connectivity index (χ1v) is 9.59. The lowest BCUT2D eigenvalue weighted by Gasteiger charge is -2.23. The molecular weight excluding hydrogens is 314 g/mol. The summed E-state index contributed by atoms with van der Waals surface area (Å²) in [5.74, 6) is 1.20. The fourth-order valence-electron chi connectivity index (χ4n) is 3.90. The largest absolute Gasteiger partial charge is 0.333 e. The van der Waals surface area contributed by atoms with Gasteiger partial charge < -0.3 is 15.5 Å². The van der Waals surface area contributed by atoms with Crippen LogP contribution in [-0.4, -0.2) is 58.3 Å². The van der Waals surface area contributed by atoms with Crippen LogP contribution >= 0.6 is 11.8 Å². The minimum absolute atomic E-state index is 0.0511. The Kier molecular flexibility index (Phi) is 5.14. The van der Waals surface area contributed by atoms with Crippen molar-refractivity contribution in [2.24, 2.45) is 0 Å². The number of likely N-dealkylation sites (tertiary alicyclic amines) is 1. The number of carbonyl (C=O) groups excluding carboxylic acids is 3. The second kappa shape index (κ2) is 7.11. The van der Waals surface area contributed by atoms with Crippen molar-refractivity contribution in [3.63, 3.8) is 0 Å². The summed E-state index contributed by atoms with van der Waals surface area (Å²) in [7, 11) is 0. The number of amides is 3. The Labute approximate surface area is 141 Å². The van der Waals surface area contributed by atoms with E-state index in [9.17, 15) is 14.4 Å². The third-order valence-corrected chi connectivity index (χ3v) is 6.62. The van der Waals surface area contributed by atoms with Crippen molar-refractivity contribution < 1.29 is 14.4 Å². The zero-order valence-electron chi connectivity index (χ0n) is 13.5. The van der Waals surface area contributed by atoms with Crippen LogP contribution in [0.2, 0.25) is 0 Å². The zero-order chi connectivity index (χ0) is 16.4. The van der Waals surface area contributed by atoms with Gasteiger partial charge in [0.25, 0.3) is 0 Å². The molecule has 6 nitrogen and oxygen atoms in total. The van der Waals surface area contributed by atoms with E-state index < -0.39 is 0 Å². The van der Waals surface area contributed by atoms with Crippen LogP contribution in [0.5, 0.6) is 0 Å². The van der Waals surface area contributed by atoms with Crippen molar-refractivity contribution in [2.45, 2.75) is 68.8 Å². The third kappa shape index (κ3) is 3.65. The fraction of sp³-hybridized carbons (Fsp3) is 0.812. The quantitative estimate of drug-likeness (QED) is 0.565. The molecule has 2 N–H and O–H groups in total. The number of thioether (sulfide) groups is 1. The molecule has 3 amide bonds.